The highest BCUT2D eigenvalue weighted by Crippen LogP contribution is 2.37. The van der Waals surface area contributed by atoms with Gasteiger partial charge in [-0.15, -0.1) is 0 Å². The minimum Gasteiger partial charge on any atom is -0.480 e. The van der Waals surface area contributed by atoms with Gasteiger partial charge in [-0.05, 0) is 96.9 Å². The van der Waals surface area contributed by atoms with Crippen LogP contribution in [-0.2, 0) is 11.3 Å². The Labute approximate surface area is 246 Å². The molecular formula is C34H50N2O3S. The molecule has 2 aromatic rings. The number of hydrogen-bond donors (Lipinski definition) is 3. The molecule has 0 radical (unpaired) electrons. The number of rotatable bonds is 16. The number of thioether (sulfide) groups is 1. The van der Waals surface area contributed by atoms with Gasteiger partial charge in [-0.3, -0.25) is 4.79 Å². The third-order valence-corrected chi connectivity index (χ3v) is 9.20. The normalized spacial score (nSPS) is 18.7. The van der Waals surface area contributed by atoms with Gasteiger partial charge < -0.3 is 15.7 Å². The monoisotopic (exact) mass is 566 g/mol. The Balaban J connectivity index is 1.69. The number of carbonyl (C=O) groups is 2. The van der Waals surface area contributed by atoms with E-state index >= 15 is 0 Å². The van der Waals surface area contributed by atoms with Crippen LogP contribution < -0.4 is 10.6 Å². The van der Waals surface area contributed by atoms with Crippen LogP contribution in [0.5, 0.6) is 0 Å². The van der Waals surface area contributed by atoms with Crippen molar-refractivity contribution in [3.05, 3.63) is 59.2 Å². The number of carbonyl (C=O) groups excluding carboxylic acids is 1. The maximum Gasteiger partial charge on any atom is 0.326 e. The first-order valence-electron chi connectivity index (χ1n) is 15.3. The first kappa shape index (κ1) is 32.2. The molecule has 3 N–H and O–H groups in total. The summed E-state index contributed by atoms with van der Waals surface area (Å²) in [6, 6.07) is 13.1. The summed E-state index contributed by atoms with van der Waals surface area (Å²) in [6.45, 7) is 8.51. The SMILES string of the molecule is CCCC(C)CC1CCCCC1CCNCc1ccc(C(=O)N[C@@H](CCSC)C(=O)O)c(-c2ccccc2C)c1. The van der Waals surface area contributed by atoms with Crippen LogP contribution in [-0.4, -0.2) is 41.6 Å². The molecule has 0 aliphatic heterocycles. The maximum atomic E-state index is 13.3. The van der Waals surface area contributed by atoms with Crippen LogP contribution in [0.25, 0.3) is 11.1 Å². The van der Waals surface area contributed by atoms with Crippen LogP contribution in [0.2, 0.25) is 0 Å². The third-order valence-electron chi connectivity index (χ3n) is 8.55. The summed E-state index contributed by atoms with van der Waals surface area (Å²) in [5.41, 5.74) is 4.57. The number of amides is 1. The number of benzene rings is 2. The molecule has 3 unspecified atom stereocenters. The molecule has 0 bridgehead atoms. The second-order valence-electron chi connectivity index (χ2n) is 11.7. The number of aliphatic carboxylic acids is 1. The van der Waals surface area contributed by atoms with Crippen molar-refractivity contribution in [1.82, 2.24) is 10.6 Å². The highest BCUT2D eigenvalue weighted by atomic mass is 32.2. The van der Waals surface area contributed by atoms with Crippen LogP contribution in [0.1, 0.15) is 93.1 Å². The first-order valence-corrected chi connectivity index (χ1v) is 16.7. The van der Waals surface area contributed by atoms with Crippen LogP contribution in [0.3, 0.4) is 0 Å². The van der Waals surface area contributed by atoms with Gasteiger partial charge in [0.1, 0.15) is 6.04 Å². The minimum atomic E-state index is -0.999. The molecule has 0 aromatic heterocycles. The Morgan fingerprint density at radius 1 is 1.05 bits per heavy atom. The summed E-state index contributed by atoms with van der Waals surface area (Å²) >= 11 is 1.58. The Morgan fingerprint density at radius 2 is 1.80 bits per heavy atom. The quantitative estimate of drug-likeness (QED) is 0.181. The predicted molar refractivity (Wildman–Crippen MR) is 169 cm³/mol. The van der Waals surface area contributed by atoms with Crippen molar-refractivity contribution in [2.75, 3.05) is 18.6 Å². The van der Waals surface area contributed by atoms with Crippen molar-refractivity contribution in [1.29, 1.82) is 0 Å². The topological polar surface area (TPSA) is 78.4 Å². The van der Waals surface area contributed by atoms with Crippen LogP contribution >= 0.6 is 11.8 Å². The molecule has 0 heterocycles. The molecular weight excluding hydrogens is 516 g/mol. The molecule has 4 atom stereocenters. The Morgan fingerprint density at radius 3 is 2.50 bits per heavy atom. The van der Waals surface area contributed by atoms with Gasteiger partial charge in [0.05, 0.1) is 0 Å². The van der Waals surface area contributed by atoms with Crippen molar-refractivity contribution < 1.29 is 14.7 Å². The average molecular weight is 567 g/mol. The number of nitrogens with one attached hydrogen (secondary N) is 2. The zero-order chi connectivity index (χ0) is 28.9. The van der Waals surface area contributed by atoms with Gasteiger partial charge in [0.15, 0.2) is 0 Å². The lowest BCUT2D eigenvalue weighted by atomic mass is 9.73. The van der Waals surface area contributed by atoms with E-state index < -0.39 is 12.0 Å². The van der Waals surface area contributed by atoms with Gasteiger partial charge in [0.2, 0.25) is 0 Å². The summed E-state index contributed by atoms with van der Waals surface area (Å²) < 4.78 is 0. The second-order valence-corrected chi connectivity index (χ2v) is 12.7. The molecule has 6 heteroatoms. The Kier molecular flexibility index (Phi) is 13.6. The number of carboxylic acid groups (broad SMARTS) is 1. The van der Waals surface area contributed by atoms with Crippen LogP contribution in [0.4, 0.5) is 0 Å². The van der Waals surface area contributed by atoms with Gasteiger partial charge in [0.25, 0.3) is 5.91 Å². The zero-order valence-corrected chi connectivity index (χ0v) is 25.8. The highest BCUT2D eigenvalue weighted by Gasteiger charge is 2.26. The van der Waals surface area contributed by atoms with Crippen LogP contribution in [0, 0.1) is 24.7 Å². The van der Waals surface area contributed by atoms with Crippen molar-refractivity contribution in [2.24, 2.45) is 17.8 Å². The Hall–Kier alpha value is -2.31. The molecule has 0 spiro atoms. The third kappa shape index (κ3) is 9.66. The number of carboxylic acids is 1. The summed E-state index contributed by atoms with van der Waals surface area (Å²) in [5, 5.41) is 16.1. The molecule has 40 heavy (non-hydrogen) atoms. The van der Waals surface area contributed by atoms with Gasteiger partial charge in [-0.25, -0.2) is 4.79 Å². The summed E-state index contributed by atoms with van der Waals surface area (Å²) in [5.74, 6) is 1.85. The lowest BCUT2D eigenvalue weighted by Gasteiger charge is -2.33. The fraction of sp³-hybridized carbons (Fsp3) is 0.588. The fourth-order valence-corrected chi connectivity index (χ4v) is 6.82. The minimum absolute atomic E-state index is 0.341. The Bertz CT molecular complexity index is 1090. The van der Waals surface area contributed by atoms with E-state index in [9.17, 15) is 14.7 Å². The predicted octanol–water partition coefficient (Wildman–Crippen LogP) is 7.71. The van der Waals surface area contributed by atoms with E-state index in [4.69, 9.17) is 0 Å². The van der Waals surface area contributed by atoms with Crippen molar-refractivity contribution in [3.63, 3.8) is 0 Å². The van der Waals surface area contributed by atoms with Gasteiger partial charge in [-0.2, -0.15) is 11.8 Å². The summed E-state index contributed by atoms with van der Waals surface area (Å²) in [7, 11) is 0. The smallest absolute Gasteiger partial charge is 0.326 e. The number of hydrogen-bond acceptors (Lipinski definition) is 4. The van der Waals surface area contributed by atoms with E-state index in [2.05, 4.69) is 30.5 Å². The molecule has 2 aromatic carbocycles. The average Bonchev–Trinajstić information content (AvgIpc) is 2.94. The summed E-state index contributed by atoms with van der Waals surface area (Å²) in [4.78, 5) is 25.1. The molecule has 1 amide bonds. The van der Waals surface area contributed by atoms with E-state index in [0.717, 1.165) is 53.1 Å². The molecule has 3 rings (SSSR count). The van der Waals surface area contributed by atoms with E-state index in [1.54, 1.807) is 11.8 Å². The van der Waals surface area contributed by atoms with Crippen molar-refractivity contribution in [3.8, 4) is 11.1 Å². The number of aryl methyl sites for hydroxylation is 1. The molecule has 1 saturated carbocycles. The molecule has 1 fully saturated rings. The summed E-state index contributed by atoms with van der Waals surface area (Å²) in [6.07, 6.45) is 13.1. The van der Waals surface area contributed by atoms with Gasteiger partial charge in [0, 0.05) is 12.1 Å². The second kappa shape index (κ2) is 16.8. The first-order chi connectivity index (χ1) is 19.3. The molecule has 5 nitrogen and oxygen atoms in total. The van der Waals surface area contributed by atoms with E-state index in [1.807, 2.05) is 49.6 Å². The van der Waals surface area contributed by atoms with Gasteiger partial charge in [-0.1, -0.05) is 82.7 Å². The lowest BCUT2D eigenvalue weighted by Crippen LogP contribution is -2.41. The molecule has 0 saturated heterocycles. The highest BCUT2D eigenvalue weighted by molar-refractivity contribution is 7.98. The fourth-order valence-electron chi connectivity index (χ4n) is 6.35. The van der Waals surface area contributed by atoms with E-state index in [1.165, 1.54) is 51.4 Å². The van der Waals surface area contributed by atoms with E-state index in [-0.39, 0.29) is 5.91 Å². The van der Waals surface area contributed by atoms with Crippen LogP contribution in [0.15, 0.2) is 42.5 Å². The lowest BCUT2D eigenvalue weighted by molar-refractivity contribution is -0.139. The largest absolute Gasteiger partial charge is 0.480 e. The van der Waals surface area contributed by atoms with E-state index in [0.29, 0.717) is 17.7 Å². The van der Waals surface area contributed by atoms with Gasteiger partial charge >= 0.3 is 5.97 Å². The maximum absolute atomic E-state index is 13.3. The standard InChI is InChI=1S/C34H50N2O3S/c1-5-10-24(2)21-28-13-8-7-12-27(28)17-19-35-23-26-15-16-30(31(22-26)29-14-9-6-11-25(29)3)33(37)36-32(34(38)39)18-20-40-4/h6,9,11,14-16,22,24,27-28,32,35H,5,7-8,10,12-13,17-21,23H2,1-4H3,(H,36,37)(H,38,39)/t24?,27?,28?,32-/m0/s1. The van der Waals surface area contributed by atoms with Crippen molar-refractivity contribution >= 4 is 23.6 Å². The molecule has 220 valence electrons. The van der Waals surface area contributed by atoms with Crippen molar-refractivity contribution in [2.45, 2.75) is 91.1 Å². The molecule has 1 aliphatic carbocycles. The zero-order valence-electron chi connectivity index (χ0n) is 25.0. The molecule has 1 aliphatic rings.